The average Bonchev–Trinajstić information content (AvgIpc) is 1.50. The van der Waals surface area contributed by atoms with Crippen molar-refractivity contribution in [2.24, 2.45) is 0 Å². The molecule has 0 amide bonds. The highest BCUT2D eigenvalue weighted by atomic mass is 16.3. The lowest BCUT2D eigenvalue weighted by atomic mass is 9.70. The molecule has 0 N–H and O–H groups in total. The number of anilines is 6. The first-order valence-electron chi connectivity index (χ1n) is 49.5. The topological polar surface area (TPSA) is 32.8 Å². The first-order valence-corrected chi connectivity index (χ1v) is 49.5. The summed E-state index contributed by atoms with van der Waals surface area (Å²) >= 11 is 0. The number of furan rings is 2. The van der Waals surface area contributed by atoms with Gasteiger partial charge >= 0.3 is 0 Å². The molecule has 0 bridgehead atoms. The van der Waals surface area contributed by atoms with Gasteiger partial charge in [-0.15, -0.1) is 0 Å². The van der Waals surface area contributed by atoms with E-state index < -0.39 is 5.41 Å². The zero-order chi connectivity index (χ0) is 90.5. The van der Waals surface area contributed by atoms with E-state index in [4.69, 9.17) is 8.83 Å². The van der Waals surface area contributed by atoms with Crippen LogP contribution in [0, 0.1) is 0 Å². The lowest BCUT2D eigenvalue weighted by molar-refractivity contribution is 0.398. The summed E-state index contributed by atoms with van der Waals surface area (Å²) in [5.74, 6) is 0. The lowest BCUT2D eigenvalue weighted by Gasteiger charge is -2.33. The van der Waals surface area contributed by atoms with Gasteiger partial charge in [-0.25, -0.2) is 0 Å². The second-order valence-electron chi connectivity index (χ2n) is 40.8. The van der Waals surface area contributed by atoms with Crippen LogP contribution in [0.15, 0.2) is 367 Å². The largest absolute Gasteiger partial charge is 0.455 e. The Morgan fingerprint density at radius 2 is 0.545 bits per heavy atom. The second kappa shape index (κ2) is 32.4. The molecule has 5 aliphatic rings. The minimum Gasteiger partial charge on any atom is -0.455 e. The smallest absolute Gasteiger partial charge is 0.160 e. The van der Waals surface area contributed by atoms with Crippen molar-refractivity contribution in [2.45, 2.75) is 179 Å². The van der Waals surface area contributed by atoms with Gasteiger partial charge in [-0.05, 0) is 285 Å². The van der Waals surface area contributed by atoms with Crippen molar-refractivity contribution in [1.29, 1.82) is 0 Å². The molecule has 2 aromatic heterocycles. The first-order chi connectivity index (χ1) is 65.5. The van der Waals surface area contributed by atoms with Gasteiger partial charge in [-0.2, -0.15) is 0 Å². The number of unbranched alkanes of at least 4 members (excludes halogenated alkanes) is 10. The number of rotatable bonds is 25. The molecule has 2 heterocycles. The van der Waals surface area contributed by atoms with E-state index >= 15 is 0 Å². The number of hydrogen-bond donors (Lipinski definition) is 0. The fourth-order valence-electron chi connectivity index (χ4n) is 25.0. The third-order valence-corrected chi connectivity index (χ3v) is 32.1. The second-order valence-corrected chi connectivity index (χ2v) is 40.8. The van der Waals surface area contributed by atoms with Crippen LogP contribution in [0.4, 0.5) is 34.1 Å². The van der Waals surface area contributed by atoms with Gasteiger partial charge in [0.2, 0.25) is 0 Å². The van der Waals surface area contributed by atoms with Crippen LogP contribution < -0.4 is 9.80 Å². The summed E-state index contributed by atoms with van der Waals surface area (Å²) in [4.78, 5) is 4.83. The molecule has 0 saturated heterocycles. The minimum atomic E-state index is -0.706. The SMILES string of the molecule is CCCCCCCCC1(CCCCCCCC)c2ccccc2-c2ccc(-c3ccc4c(c3)C(C)(C)c3cc(-c5ccc6c(c5)C(C)(C)c5cc(-c7ccc8c(c7)C(C)(C)c7cc(-c9ccc(N(c%10ccccc%10)c%10cc%11c(c%12oc%13ccccc%13c%10%12)-c%10c(cc(N(c%12ccccc%12)c%12ccccc%12)c%12oc%13ccccc%13c%10%12)C%11(C)c%10ccccc%10)cc9)ccc7-8)ccc5-6)ccc3-4)cc21. The van der Waals surface area contributed by atoms with Crippen molar-refractivity contribution >= 4 is 78.0 Å². The Balaban J connectivity index is 0.523. The Morgan fingerprint density at radius 1 is 0.231 bits per heavy atom. The maximum absolute atomic E-state index is 7.52. The van der Waals surface area contributed by atoms with Gasteiger partial charge in [-0.3, -0.25) is 0 Å². The highest BCUT2D eigenvalue weighted by Crippen LogP contribution is 2.65. The van der Waals surface area contributed by atoms with E-state index in [9.17, 15) is 0 Å². The zero-order valence-electron chi connectivity index (χ0n) is 78.7. The maximum Gasteiger partial charge on any atom is 0.160 e. The quantitative estimate of drug-likeness (QED) is 0.0534. The number of nitrogens with zero attached hydrogens (tertiary/aromatic N) is 2. The highest BCUT2D eigenvalue weighted by Gasteiger charge is 2.49. The molecule has 19 aromatic rings. The predicted molar refractivity (Wildman–Crippen MR) is 564 cm³/mol. The Hall–Kier alpha value is -14.1. The van der Waals surface area contributed by atoms with Gasteiger partial charge in [0, 0.05) is 77.1 Å². The zero-order valence-corrected chi connectivity index (χ0v) is 78.7. The summed E-state index contributed by atoms with van der Waals surface area (Å²) in [5.41, 5.74) is 46.3. The van der Waals surface area contributed by atoms with Gasteiger partial charge in [-0.1, -0.05) is 375 Å². The molecule has 1 atom stereocenters. The summed E-state index contributed by atoms with van der Waals surface area (Å²) in [6.07, 6.45) is 18.3. The van der Waals surface area contributed by atoms with E-state index in [0.717, 1.165) is 100 Å². The van der Waals surface area contributed by atoms with Crippen LogP contribution in [-0.4, -0.2) is 0 Å². The summed E-state index contributed by atoms with van der Waals surface area (Å²) in [6, 6.07) is 136. The van der Waals surface area contributed by atoms with E-state index in [2.05, 4.69) is 430 Å². The molecule has 1 unspecified atom stereocenters. The normalized spacial score (nSPS) is 15.4. The molecule has 5 aliphatic carbocycles. The van der Waals surface area contributed by atoms with Gasteiger partial charge < -0.3 is 18.6 Å². The molecule has 0 saturated carbocycles. The van der Waals surface area contributed by atoms with Crippen LogP contribution >= 0.6 is 0 Å². The van der Waals surface area contributed by atoms with Crippen molar-refractivity contribution in [1.82, 2.24) is 0 Å². The molecular weight excluding hydrogens is 1620 g/mol. The number of para-hydroxylation sites is 5. The molecule has 4 nitrogen and oxygen atoms in total. The average molecular weight is 1740 g/mol. The number of benzene rings is 17. The molecule has 0 spiro atoms. The first kappa shape index (κ1) is 83.0. The molecule has 0 fully saturated rings. The Kier molecular flexibility index (Phi) is 20.1. The summed E-state index contributed by atoms with van der Waals surface area (Å²) in [7, 11) is 0. The molecule has 134 heavy (non-hydrogen) atoms. The van der Waals surface area contributed by atoms with E-state index in [1.807, 2.05) is 0 Å². The molecule has 17 aromatic carbocycles. The van der Waals surface area contributed by atoms with Crippen molar-refractivity contribution in [3.63, 3.8) is 0 Å². The van der Waals surface area contributed by atoms with E-state index in [1.165, 1.54) is 218 Å². The molecule has 0 aliphatic heterocycles. The van der Waals surface area contributed by atoms with Crippen LogP contribution in [0.1, 0.15) is 213 Å². The van der Waals surface area contributed by atoms with Crippen LogP contribution in [0.3, 0.4) is 0 Å². The third kappa shape index (κ3) is 13.0. The maximum atomic E-state index is 7.52. The summed E-state index contributed by atoms with van der Waals surface area (Å²) in [5, 5.41) is 4.22. The highest BCUT2D eigenvalue weighted by molar-refractivity contribution is 6.26. The molecule has 4 heteroatoms. The van der Waals surface area contributed by atoms with Crippen LogP contribution in [0.5, 0.6) is 0 Å². The molecule has 0 radical (unpaired) electrons. The molecular formula is C130H114N2O2. The van der Waals surface area contributed by atoms with Crippen molar-refractivity contribution in [3.8, 4) is 100 Å². The van der Waals surface area contributed by atoms with Gasteiger partial charge in [0.25, 0.3) is 0 Å². The van der Waals surface area contributed by atoms with Gasteiger partial charge in [0.1, 0.15) is 16.7 Å². The monoisotopic (exact) mass is 1730 g/mol. The van der Waals surface area contributed by atoms with Gasteiger partial charge in [0.15, 0.2) is 5.58 Å². The van der Waals surface area contributed by atoms with Crippen LogP contribution in [-0.2, 0) is 27.1 Å². The van der Waals surface area contributed by atoms with E-state index in [1.54, 1.807) is 11.1 Å². The van der Waals surface area contributed by atoms with E-state index in [-0.39, 0.29) is 21.7 Å². The van der Waals surface area contributed by atoms with Crippen LogP contribution in [0.2, 0.25) is 0 Å². The van der Waals surface area contributed by atoms with Gasteiger partial charge in [0.05, 0.1) is 16.8 Å². The van der Waals surface area contributed by atoms with Crippen molar-refractivity contribution in [3.05, 3.63) is 419 Å². The standard InChI is InChI=1S/C130H114N2O2/c1-10-12-14-16-18-38-72-130(73-39-19-17-15-13-11-2)106-51-35-32-48-96(106)103-71-62-90(80-113(103)130)89-61-70-102-101-69-60-88(78-111(101)128(7,8)112(102)79-89)87-59-68-100-99-67-58-86(76-109(99)127(5,6)110(100)77-87)85-57-66-98-97-65-56-84(74-107(97)126(3,4)108(98)75-85)83-54-63-95(64-55-83)131(92-42-26-21-27-43-92)116-81-115-123(125-120(116)104-49-33-36-52-118(104)134-125)122-114(129(115,9)91-40-24-20-25-41-91)82-117(124-121(122)105-50-34-37-53-119(105)133-124)132(93-44-28-22-29-45-93)94-46-30-23-31-47-94/h20-37,40-71,74-82H,10-19,38-39,72-73H2,1-9H3. The van der Waals surface area contributed by atoms with E-state index in [0.29, 0.717) is 0 Å². The number of fused-ring (bicyclic) bond motifs is 23. The summed E-state index contributed by atoms with van der Waals surface area (Å²) < 4.78 is 14.8. The Labute approximate surface area is 789 Å². The molecule has 656 valence electrons. The fourth-order valence-corrected chi connectivity index (χ4v) is 25.0. The van der Waals surface area contributed by atoms with Crippen LogP contribution in [0.25, 0.3) is 144 Å². The lowest BCUT2D eigenvalue weighted by Crippen LogP contribution is -2.25. The third-order valence-electron chi connectivity index (χ3n) is 32.1. The van der Waals surface area contributed by atoms with Crippen molar-refractivity contribution in [2.75, 3.05) is 9.80 Å². The Bertz CT molecular complexity index is 7820. The minimum absolute atomic E-state index is 0.0433. The fraction of sp³-hybridized carbons (Fsp3) is 0.215. The molecule has 24 rings (SSSR count). The summed E-state index contributed by atoms with van der Waals surface area (Å²) in [6.45, 7) is 21.8. The predicted octanol–water partition coefficient (Wildman–Crippen LogP) is 37.1. The Morgan fingerprint density at radius 3 is 0.985 bits per heavy atom. The van der Waals surface area contributed by atoms with Crippen molar-refractivity contribution < 1.29 is 8.83 Å². The number of hydrogen-bond acceptors (Lipinski definition) is 4.